The molecule has 92 valence electrons. The third kappa shape index (κ3) is 4.90. The van der Waals surface area contributed by atoms with Crippen LogP contribution in [0.5, 0.6) is 0 Å². The maximum Gasteiger partial charge on any atom is 0.343 e. The molecule has 0 unspecified atom stereocenters. The van der Waals surface area contributed by atoms with Crippen LogP contribution in [-0.2, 0) is 9.63 Å². The van der Waals surface area contributed by atoms with Crippen LogP contribution < -0.4 is 10.8 Å². The number of hydroxylamine groups is 1. The van der Waals surface area contributed by atoms with Gasteiger partial charge in [0.05, 0.1) is 10.0 Å². The number of carboxylic acids is 1. The summed E-state index contributed by atoms with van der Waals surface area (Å²) in [5.74, 6) is -1.19. The zero-order chi connectivity index (χ0) is 12.8. The number of hydrogen-bond acceptors (Lipinski definition) is 3. The molecule has 6 nitrogen and oxygen atoms in total. The second kappa shape index (κ2) is 6.29. The number of amides is 2. The molecule has 0 spiro atoms. The Balaban J connectivity index is 2.45. The Hall–Kier alpha value is -1.50. The van der Waals surface area contributed by atoms with Crippen LogP contribution in [0.15, 0.2) is 18.2 Å². The summed E-state index contributed by atoms with van der Waals surface area (Å²) in [5, 5.41) is 11.3. The first-order chi connectivity index (χ1) is 7.99. The van der Waals surface area contributed by atoms with Gasteiger partial charge in [0, 0.05) is 5.69 Å². The van der Waals surface area contributed by atoms with Crippen molar-refractivity contribution < 1.29 is 19.5 Å². The Kier molecular flexibility index (Phi) is 5.02. The molecule has 0 aliphatic rings. The number of anilines is 1. The highest BCUT2D eigenvalue weighted by Crippen LogP contribution is 2.24. The molecule has 8 heteroatoms. The first-order valence-corrected chi connectivity index (χ1v) is 5.10. The summed E-state index contributed by atoms with van der Waals surface area (Å²) in [6.45, 7) is -0.630. The maximum absolute atomic E-state index is 11.2. The molecule has 3 N–H and O–H groups in total. The lowest BCUT2D eigenvalue weighted by molar-refractivity contribution is -0.143. The lowest BCUT2D eigenvalue weighted by Crippen LogP contribution is -2.30. The van der Waals surface area contributed by atoms with Gasteiger partial charge in [-0.3, -0.25) is 4.84 Å². The highest BCUT2D eigenvalue weighted by Gasteiger charge is 2.05. The summed E-state index contributed by atoms with van der Waals surface area (Å²) >= 11 is 11.4. The van der Waals surface area contributed by atoms with Gasteiger partial charge in [0.15, 0.2) is 6.61 Å². The standard InChI is InChI=1S/C9H8Cl2N2O4/c10-6-2-1-5(3-7(6)11)12-9(16)13-17-4-8(14)15/h1-3H,4H2,(H,14,15)(H2,12,13,16). The summed E-state index contributed by atoms with van der Waals surface area (Å²) in [7, 11) is 0. The van der Waals surface area contributed by atoms with E-state index in [2.05, 4.69) is 10.2 Å². The van der Waals surface area contributed by atoms with Crippen LogP contribution in [0.2, 0.25) is 10.0 Å². The molecule has 1 rings (SSSR count). The van der Waals surface area contributed by atoms with Gasteiger partial charge in [-0.15, -0.1) is 0 Å². The van der Waals surface area contributed by atoms with Gasteiger partial charge >= 0.3 is 12.0 Å². The number of aliphatic carboxylic acids is 1. The SMILES string of the molecule is O=C(O)CONC(=O)Nc1ccc(Cl)c(Cl)c1. The Labute approximate surface area is 106 Å². The summed E-state index contributed by atoms with van der Waals surface area (Å²) in [6, 6.07) is 3.77. The average Bonchev–Trinajstić information content (AvgIpc) is 2.23. The monoisotopic (exact) mass is 278 g/mol. The average molecular weight is 279 g/mol. The molecule has 0 heterocycles. The van der Waals surface area contributed by atoms with E-state index in [1.165, 1.54) is 18.2 Å². The molecule has 0 atom stereocenters. The van der Waals surface area contributed by atoms with E-state index in [0.717, 1.165) is 0 Å². The first kappa shape index (κ1) is 13.6. The van der Waals surface area contributed by atoms with Crippen molar-refractivity contribution in [2.24, 2.45) is 0 Å². The van der Waals surface area contributed by atoms with Crippen LogP contribution in [0.1, 0.15) is 0 Å². The van der Waals surface area contributed by atoms with Gasteiger partial charge in [0.1, 0.15) is 0 Å². The quantitative estimate of drug-likeness (QED) is 0.737. The topological polar surface area (TPSA) is 87.7 Å². The minimum Gasteiger partial charge on any atom is -0.479 e. The Morgan fingerprint density at radius 2 is 2.00 bits per heavy atom. The maximum atomic E-state index is 11.2. The normalized spacial score (nSPS) is 9.76. The fourth-order valence-corrected chi connectivity index (χ4v) is 1.19. The molecule has 1 aromatic carbocycles. The molecule has 2 amide bonds. The molecule has 0 saturated carbocycles. The number of carbonyl (C=O) groups is 2. The number of nitrogens with one attached hydrogen (secondary N) is 2. The Morgan fingerprint density at radius 1 is 1.29 bits per heavy atom. The number of carboxylic acid groups (broad SMARTS) is 1. The van der Waals surface area contributed by atoms with Gasteiger partial charge in [-0.25, -0.2) is 15.1 Å². The first-order valence-electron chi connectivity index (χ1n) is 4.34. The molecule has 0 aliphatic carbocycles. The van der Waals surface area contributed by atoms with Crippen LogP contribution in [0.3, 0.4) is 0 Å². The fraction of sp³-hybridized carbons (Fsp3) is 0.111. The summed E-state index contributed by atoms with van der Waals surface area (Å²) in [4.78, 5) is 25.6. The molecule has 0 fully saturated rings. The van der Waals surface area contributed by atoms with Crippen molar-refractivity contribution in [2.75, 3.05) is 11.9 Å². The number of carbonyl (C=O) groups excluding carboxylic acids is 1. The summed E-state index contributed by atoms with van der Waals surface area (Å²) in [5.41, 5.74) is 2.29. The summed E-state index contributed by atoms with van der Waals surface area (Å²) in [6.07, 6.45) is 0. The van der Waals surface area contributed by atoms with Gasteiger partial charge in [-0.05, 0) is 18.2 Å². The smallest absolute Gasteiger partial charge is 0.343 e. The lowest BCUT2D eigenvalue weighted by atomic mass is 10.3. The van der Waals surface area contributed by atoms with E-state index in [-0.39, 0.29) is 5.02 Å². The molecule has 17 heavy (non-hydrogen) atoms. The van der Waals surface area contributed by atoms with E-state index in [0.29, 0.717) is 10.7 Å². The predicted molar refractivity (Wildman–Crippen MR) is 62.2 cm³/mol. The van der Waals surface area contributed by atoms with Crippen LogP contribution >= 0.6 is 23.2 Å². The highest BCUT2D eigenvalue weighted by molar-refractivity contribution is 6.42. The van der Waals surface area contributed by atoms with Crippen molar-refractivity contribution in [1.29, 1.82) is 0 Å². The molecular weight excluding hydrogens is 271 g/mol. The van der Waals surface area contributed by atoms with Crippen LogP contribution in [-0.4, -0.2) is 23.7 Å². The van der Waals surface area contributed by atoms with Crippen molar-refractivity contribution in [3.8, 4) is 0 Å². The van der Waals surface area contributed by atoms with Crippen LogP contribution in [0, 0.1) is 0 Å². The van der Waals surface area contributed by atoms with Gasteiger partial charge < -0.3 is 10.4 Å². The van der Waals surface area contributed by atoms with Crippen LogP contribution in [0.25, 0.3) is 0 Å². The molecule has 0 saturated heterocycles. The molecule has 0 aromatic heterocycles. The Morgan fingerprint density at radius 3 is 2.59 bits per heavy atom. The van der Waals surface area contributed by atoms with Gasteiger partial charge in [0.25, 0.3) is 0 Å². The van der Waals surface area contributed by atoms with Gasteiger partial charge in [0.2, 0.25) is 0 Å². The minimum absolute atomic E-state index is 0.288. The van der Waals surface area contributed by atoms with Crippen molar-refractivity contribution >= 4 is 40.9 Å². The van der Waals surface area contributed by atoms with Crippen molar-refractivity contribution in [3.05, 3.63) is 28.2 Å². The van der Waals surface area contributed by atoms with E-state index >= 15 is 0 Å². The van der Waals surface area contributed by atoms with E-state index in [1.807, 2.05) is 5.48 Å². The second-order valence-corrected chi connectivity index (χ2v) is 3.68. The number of halogens is 2. The number of benzene rings is 1. The van der Waals surface area contributed by atoms with Gasteiger partial charge in [-0.1, -0.05) is 23.2 Å². The number of urea groups is 1. The third-order valence-electron chi connectivity index (χ3n) is 1.54. The molecular formula is C9H8Cl2N2O4. The number of hydrogen-bond donors (Lipinski definition) is 3. The van der Waals surface area contributed by atoms with E-state index in [4.69, 9.17) is 28.3 Å². The predicted octanol–water partition coefficient (Wildman–Crippen LogP) is 2.13. The lowest BCUT2D eigenvalue weighted by Gasteiger charge is -2.07. The largest absolute Gasteiger partial charge is 0.479 e. The summed E-state index contributed by atoms with van der Waals surface area (Å²) < 4.78 is 0. The third-order valence-corrected chi connectivity index (χ3v) is 2.28. The zero-order valence-electron chi connectivity index (χ0n) is 8.37. The molecule has 1 aromatic rings. The van der Waals surface area contributed by atoms with Crippen LogP contribution in [0.4, 0.5) is 10.5 Å². The number of rotatable bonds is 4. The Bertz CT molecular complexity index is 439. The van der Waals surface area contributed by atoms with E-state index < -0.39 is 18.6 Å². The fourth-order valence-electron chi connectivity index (χ4n) is 0.894. The van der Waals surface area contributed by atoms with Gasteiger partial charge in [-0.2, -0.15) is 0 Å². The molecule has 0 radical (unpaired) electrons. The molecule has 0 bridgehead atoms. The van der Waals surface area contributed by atoms with Crippen molar-refractivity contribution in [1.82, 2.24) is 5.48 Å². The highest BCUT2D eigenvalue weighted by atomic mass is 35.5. The second-order valence-electron chi connectivity index (χ2n) is 2.87. The zero-order valence-corrected chi connectivity index (χ0v) is 9.88. The van der Waals surface area contributed by atoms with Crippen molar-refractivity contribution in [3.63, 3.8) is 0 Å². The van der Waals surface area contributed by atoms with E-state index in [9.17, 15) is 9.59 Å². The minimum atomic E-state index is -1.19. The van der Waals surface area contributed by atoms with E-state index in [1.54, 1.807) is 0 Å². The molecule has 0 aliphatic heterocycles. The van der Waals surface area contributed by atoms with Crippen molar-refractivity contribution in [2.45, 2.75) is 0 Å².